The predicted octanol–water partition coefficient (Wildman–Crippen LogP) is 3.21. The number of hydrogen-bond acceptors (Lipinski definition) is 4. The van der Waals surface area contributed by atoms with E-state index in [-0.39, 0.29) is 5.75 Å². The number of aromatic hydroxyl groups is 1. The average molecular weight is 244 g/mol. The number of nitrogens with two attached hydrogens (primary N) is 1. The Morgan fingerprint density at radius 2 is 2.00 bits per heavy atom. The summed E-state index contributed by atoms with van der Waals surface area (Å²) in [5, 5.41) is 9.56. The molecule has 0 saturated carbocycles. The zero-order valence-corrected chi connectivity index (χ0v) is 10.2. The lowest BCUT2D eigenvalue weighted by atomic mass is 10.2. The summed E-state index contributed by atoms with van der Waals surface area (Å²) in [4.78, 5) is 4.30. The first-order valence-electron chi connectivity index (χ1n) is 5.30. The van der Waals surface area contributed by atoms with Crippen LogP contribution in [0.2, 0.25) is 0 Å². The molecule has 2 aromatic rings. The minimum Gasteiger partial charge on any atom is -0.508 e. The van der Waals surface area contributed by atoms with Crippen molar-refractivity contribution in [1.82, 2.24) is 0 Å². The fourth-order valence-electron chi connectivity index (χ4n) is 2.07. The molecule has 0 fully saturated rings. The molecule has 0 amide bonds. The summed E-state index contributed by atoms with van der Waals surface area (Å²) < 4.78 is 0. The lowest BCUT2D eigenvalue weighted by molar-refractivity contribution is 0.475. The van der Waals surface area contributed by atoms with Crippen LogP contribution in [0, 0.1) is 0 Å². The van der Waals surface area contributed by atoms with Gasteiger partial charge in [-0.1, -0.05) is 17.8 Å². The van der Waals surface area contributed by atoms with E-state index in [0.717, 1.165) is 26.9 Å². The van der Waals surface area contributed by atoms with E-state index in [1.807, 2.05) is 30.1 Å². The Hall–Kier alpha value is -1.81. The molecular formula is C13H12N2OS. The van der Waals surface area contributed by atoms with Crippen LogP contribution in [0.5, 0.6) is 5.75 Å². The number of anilines is 3. The van der Waals surface area contributed by atoms with Crippen molar-refractivity contribution in [2.24, 2.45) is 0 Å². The van der Waals surface area contributed by atoms with Crippen LogP contribution in [0.15, 0.2) is 46.2 Å². The van der Waals surface area contributed by atoms with Crippen molar-refractivity contribution in [1.29, 1.82) is 0 Å². The molecule has 3 nitrogen and oxygen atoms in total. The lowest BCUT2D eigenvalue weighted by Crippen LogP contribution is -2.16. The van der Waals surface area contributed by atoms with Crippen molar-refractivity contribution in [3.05, 3.63) is 36.4 Å². The van der Waals surface area contributed by atoms with E-state index in [0.29, 0.717) is 0 Å². The van der Waals surface area contributed by atoms with Crippen LogP contribution in [0.25, 0.3) is 0 Å². The Morgan fingerprint density at radius 3 is 2.82 bits per heavy atom. The fourth-order valence-corrected chi connectivity index (χ4v) is 3.25. The SMILES string of the molecule is CN1c2cc(O)ccc2Sc2cccc(N)c21. The topological polar surface area (TPSA) is 49.5 Å². The summed E-state index contributed by atoms with van der Waals surface area (Å²) in [7, 11) is 1.97. The van der Waals surface area contributed by atoms with Gasteiger partial charge in [-0.05, 0) is 24.3 Å². The highest BCUT2D eigenvalue weighted by Crippen LogP contribution is 2.50. The molecule has 4 heteroatoms. The maximum absolute atomic E-state index is 9.56. The van der Waals surface area contributed by atoms with Gasteiger partial charge in [-0.25, -0.2) is 0 Å². The zero-order chi connectivity index (χ0) is 12.0. The van der Waals surface area contributed by atoms with Crippen molar-refractivity contribution < 1.29 is 5.11 Å². The molecule has 0 aliphatic carbocycles. The Kier molecular flexibility index (Phi) is 2.19. The third kappa shape index (κ3) is 1.52. The largest absolute Gasteiger partial charge is 0.508 e. The van der Waals surface area contributed by atoms with Gasteiger partial charge in [0.2, 0.25) is 0 Å². The first-order valence-corrected chi connectivity index (χ1v) is 6.11. The summed E-state index contributed by atoms with van der Waals surface area (Å²) in [6.07, 6.45) is 0. The van der Waals surface area contributed by atoms with Crippen molar-refractivity contribution in [3.63, 3.8) is 0 Å². The van der Waals surface area contributed by atoms with E-state index in [1.165, 1.54) is 0 Å². The first kappa shape index (κ1) is 10.4. The van der Waals surface area contributed by atoms with E-state index >= 15 is 0 Å². The molecule has 86 valence electrons. The predicted molar refractivity (Wildman–Crippen MR) is 71.1 cm³/mol. The summed E-state index contributed by atoms with van der Waals surface area (Å²) in [6.45, 7) is 0. The van der Waals surface area contributed by atoms with Gasteiger partial charge in [0.25, 0.3) is 0 Å². The van der Waals surface area contributed by atoms with Crippen LogP contribution in [0.3, 0.4) is 0 Å². The number of phenols is 1. The Bertz CT molecular complexity index is 598. The Balaban J connectivity index is 2.22. The van der Waals surface area contributed by atoms with E-state index < -0.39 is 0 Å². The maximum Gasteiger partial charge on any atom is 0.117 e. The molecule has 0 unspecified atom stereocenters. The lowest BCUT2D eigenvalue weighted by Gasteiger charge is -2.30. The highest BCUT2D eigenvalue weighted by atomic mass is 32.2. The van der Waals surface area contributed by atoms with Gasteiger partial charge in [-0.2, -0.15) is 0 Å². The van der Waals surface area contributed by atoms with Gasteiger partial charge < -0.3 is 15.7 Å². The molecule has 0 atom stereocenters. The molecule has 0 aromatic heterocycles. The number of nitrogen functional groups attached to an aromatic ring is 1. The normalized spacial score (nSPS) is 13.1. The minimum atomic E-state index is 0.272. The first-order chi connectivity index (χ1) is 8.16. The molecule has 1 aliphatic heterocycles. The van der Waals surface area contributed by atoms with Crippen LogP contribution in [-0.4, -0.2) is 12.2 Å². The quantitative estimate of drug-likeness (QED) is 0.699. The molecule has 0 radical (unpaired) electrons. The molecular weight excluding hydrogens is 232 g/mol. The molecule has 17 heavy (non-hydrogen) atoms. The second-order valence-corrected chi connectivity index (χ2v) is 5.09. The van der Waals surface area contributed by atoms with Crippen molar-refractivity contribution in [2.45, 2.75) is 9.79 Å². The van der Waals surface area contributed by atoms with Gasteiger partial charge in [0.05, 0.1) is 17.1 Å². The summed E-state index contributed by atoms with van der Waals surface area (Å²) in [6, 6.07) is 11.3. The average Bonchev–Trinajstić information content (AvgIpc) is 2.30. The number of rotatable bonds is 0. The van der Waals surface area contributed by atoms with Crippen LogP contribution >= 0.6 is 11.8 Å². The van der Waals surface area contributed by atoms with E-state index in [4.69, 9.17) is 5.73 Å². The van der Waals surface area contributed by atoms with Gasteiger partial charge in [0, 0.05) is 22.9 Å². The molecule has 1 aliphatic rings. The highest BCUT2D eigenvalue weighted by molar-refractivity contribution is 7.99. The molecule has 0 spiro atoms. The van der Waals surface area contributed by atoms with Gasteiger partial charge in [-0.3, -0.25) is 0 Å². The number of hydrogen-bond donors (Lipinski definition) is 2. The number of benzene rings is 2. The zero-order valence-electron chi connectivity index (χ0n) is 9.34. The Morgan fingerprint density at radius 1 is 1.18 bits per heavy atom. The summed E-state index contributed by atoms with van der Waals surface area (Å²) >= 11 is 1.68. The van der Waals surface area contributed by atoms with Crippen molar-refractivity contribution in [3.8, 4) is 5.75 Å². The van der Waals surface area contributed by atoms with Gasteiger partial charge in [0.15, 0.2) is 0 Å². The van der Waals surface area contributed by atoms with E-state index in [1.54, 1.807) is 23.9 Å². The highest BCUT2D eigenvalue weighted by Gasteiger charge is 2.22. The molecule has 0 saturated heterocycles. The molecule has 3 rings (SSSR count). The van der Waals surface area contributed by atoms with Gasteiger partial charge >= 0.3 is 0 Å². The van der Waals surface area contributed by atoms with E-state index in [9.17, 15) is 5.11 Å². The monoisotopic (exact) mass is 244 g/mol. The summed E-state index contributed by atoms with van der Waals surface area (Å²) in [5.41, 5.74) is 8.76. The molecule has 0 bridgehead atoms. The van der Waals surface area contributed by atoms with Gasteiger partial charge in [-0.15, -0.1) is 0 Å². The van der Waals surface area contributed by atoms with Crippen LogP contribution in [0.1, 0.15) is 0 Å². The van der Waals surface area contributed by atoms with Crippen LogP contribution < -0.4 is 10.6 Å². The Labute approximate surface area is 104 Å². The second-order valence-electron chi connectivity index (χ2n) is 4.01. The van der Waals surface area contributed by atoms with Crippen LogP contribution in [0.4, 0.5) is 17.1 Å². The molecule has 1 heterocycles. The van der Waals surface area contributed by atoms with E-state index in [2.05, 4.69) is 6.07 Å². The van der Waals surface area contributed by atoms with Gasteiger partial charge in [0.1, 0.15) is 5.75 Å². The van der Waals surface area contributed by atoms with Crippen LogP contribution in [-0.2, 0) is 0 Å². The molecule has 3 N–H and O–H groups in total. The minimum absolute atomic E-state index is 0.272. The number of nitrogens with zero attached hydrogens (tertiary/aromatic N) is 1. The van der Waals surface area contributed by atoms with Crippen molar-refractivity contribution >= 4 is 28.8 Å². The summed E-state index contributed by atoms with van der Waals surface area (Å²) in [5.74, 6) is 0.272. The second kappa shape index (κ2) is 3.60. The third-order valence-electron chi connectivity index (χ3n) is 2.89. The fraction of sp³-hybridized carbons (Fsp3) is 0.0769. The third-order valence-corrected chi connectivity index (χ3v) is 4.00. The standard InChI is InChI=1S/C13H12N2OS/c1-15-10-7-8(16)5-6-11(10)17-12-4-2-3-9(14)13(12)15/h2-7,16H,14H2,1H3. The smallest absolute Gasteiger partial charge is 0.117 e. The number of phenolic OH excluding ortho intramolecular Hbond substituents is 1. The molecule has 2 aromatic carbocycles. The van der Waals surface area contributed by atoms with Crippen molar-refractivity contribution in [2.75, 3.05) is 17.7 Å². The number of para-hydroxylation sites is 1. The maximum atomic E-state index is 9.56. The number of fused-ring (bicyclic) bond motifs is 2.